The molecule has 8 heteroatoms. The van der Waals surface area contributed by atoms with E-state index in [1.807, 2.05) is 67.6 Å². The van der Waals surface area contributed by atoms with Gasteiger partial charge < -0.3 is 24.6 Å². The predicted octanol–water partition coefficient (Wildman–Crippen LogP) is 4.32. The topological polar surface area (TPSA) is 98.5 Å². The molecule has 0 atom stereocenters. The number of aromatic nitrogens is 2. The molecule has 166 valence electrons. The first-order valence-corrected chi connectivity index (χ1v) is 10.6. The molecule has 3 aromatic carbocycles. The fourth-order valence-electron chi connectivity index (χ4n) is 3.59. The molecule has 0 unspecified atom stereocenters. The van der Waals surface area contributed by atoms with E-state index in [1.165, 1.54) is 0 Å². The molecule has 0 saturated heterocycles. The number of hydrogen-bond donors (Lipinski definition) is 2. The maximum Gasteiger partial charge on any atom is 0.253 e. The molecule has 0 fully saturated rings. The summed E-state index contributed by atoms with van der Waals surface area (Å²) in [5, 5.41) is 10.3. The van der Waals surface area contributed by atoms with Crippen molar-refractivity contribution >= 4 is 11.6 Å². The SMILES string of the molecule is Cc1ccccc1-c1noc(CNc2ccccc2C(=O)NCc2ccc3c(c2)OCO3)n1. The van der Waals surface area contributed by atoms with E-state index in [1.54, 1.807) is 6.07 Å². The lowest BCUT2D eigenvalue weighted by molar-refractivity contribution is 0.0951. The van der Waals surface area contributed by atoms with Crippen molar-refractivity contribution in [1.82, 2.24) is 15.5 Å². The number of hydrogen-bond acceptors (Lipinski definition) is 7. The Hall–Kier alpha value is -4.33. The lowest BCUT2D eigenvalue weighted by Crippen LogP contribution is -2.24. The van der Waals surface area contributed by atoms with Crippen LogP contribution >= 0.6 is 0 Å². The van der Waals surface area contributed by atoms with Crippen LogP contribution < -0.4 is 20.1 Å². The Balaban J connectivity index is 1.24. The van der Waals surface area contributed by atoms with Crippen LogP contribution in [-0.4, -0.2) is 22.8 Å². The Morgan fingerprint density at radius 2 is 1.79 bits per heavy atom. The standard InChI is InChI=1S/C25H22N4O4/c1-16-6-2-3-7-18(16)24-28-23(33-29-24)14-26-20-9-5-4-8-19(20)25(30)27-13-17-10-11-21-22(12-17)32-15-31-21/h2-12,26H,13-15H2,1H3,(H,27,30). The molecule has 1 aliphatic rings. The summed E-state index contributed by atoms with van der Waals surface area (Å²) in [6.45, 7) is 2.89. The minimum absolute atomic E-state index is 0.193. The first-order chi connectivity index (χ1) is 16.2. The van der Waals surface area contributed by atoms with Crippen molar-refractivity contribution in [2.45, 2.75) is 20.0 Å². The third-order valence-electron chi connectivity index (χ3n) is 5.35. The number of fused-ring (bicyclic) bond motifs is 1. The molecule has 0 aliphatic carbocycles. The van der Waals surface area contributed by atoms with E-state index in [0.717, 1.165) is 16.7 Å². The summed E-state index contributed by atoms with van der Waals surface area (Å²) in [6.07, 6.45) is 0. The Labute approximate surface area is 190 Å². The highest BCUT2D eigenvalue weighted by Crippen LogP contribution is 2.32. The molecule has 33 heavy (non-hydrogen) atoms. The number of para-hydroxylation sites is 1. The molecule has 1 amide bonds. The lowest BCUT2D eigenvalue weighted by atomic mass is 10.1. The minimum Gasteiger partial charge on any atom is -0.454 e. The Morgan fingerprint density at radius 3 is 2.70 bits per heavy atom. The molecule has 2 N–H and O–H groups in total. The summed E-state index contributed by atoms with van der Waals surface area (Å²) in [6, 6.07) is 20.8. The van der Waals surface area contributed by atoms with Gasteiger partial charge in [0.25, 0.3) is 5.91 Å². The van der Waals surface area contributed by atoms with Crippen LogP contribution in [0.5, 0.6) is 11.5 Å². The maximum absolute atomic E-state index is 12.9. The second kappa shape index (κ2) is 9.04. The Kier molecular flexibility index (Phi) is 5.63. The average molecular weight is 442 g/mol. The van der Waals surface area contributed by atoms with E-state index in [4.69, 9.17) is 14.0 Å². The van der Waals surface area contributed by atoms with Crippen molar-refractivity contribution in [3.05, 3.63) is 89.3 Å². The van der Waals surface area contributed by atoms with Crippen LogP contribution in [0, 0.1) is 6.92 Å². The van der Waals surface area contributed by atoms with Gasteiger partial charge in [0.15, 0.2) is 11.5 Å². The lowest BCUT2D eigenvalue weighted by Gasteiger charge is -2.11. The summed E-state index contributed by atoms with van der Waals surface area (Å²) in [5.74, 6) is 2.19. The third-order valence-corrected chi connectivity index (χ3v) is 5.35. The fraction of sp³-hybridized carbons (Fsp3) is 0.160. The number of nitrogens with zero attached hydrogens (tertiary/aromatic N) is 2. The molecule has 8 nitrogen and oxygen atoms in total. The maximum atomic E-state index is 12.9. The molecular weight excluding hydrogens is 420 g/mol. The van der Waals surface area contributed by atoms with Crippen LogP contribution in [0.25, 0.3) is 11.4 Å². The predicted molar refractivity (Wildman–Crippen MR) is 122 cm³/mol. The van der Waals surface area contributed by atoms with Crippen LogP contribution in [-0.2, 0) is 13.1 Å². The first-order valence-electron chi connectivity index (χ1n) is 10.6. The van der Waals surface area contributed by atoms with Crippen LogP contribution in [0.1, 0.15) is 27.4 Å². The number of carbonyl (C=O) groups is 1. The van der Waals surface area contributed by atoms with Gasteiger partial charge in [-0.3, -0.25) is 4.79 Å². The van der Waals surface area contributed by atoms with Crippen LogP contribution in [0.2, 0.25) is 0 Å². The van der Waals surface area contributed by atoms with Crippen LogP contribution in [0.15, 0.2) is 71.3 Å². The molecule has 1 aromatic heterocycles. The van der Waals surface area contributed by atoms with E-state index in [9.17, 15) is 4.79 Å². The molecule has 0 spiro atoms. The third kappa shape index (κ3) is 4.50. The van der Waals surface area contributed by atoms with Gasteiger partial charge in [-0.2, -0.15) is 4.98 Å². The first kappa shape index (κ1) is 20.6. The van der Waals surface area contributed by atoms with Gasteiger partial charge in [-0.25, -0.2) is 0 Å². The number of nitrogens with one attached hydrogen (secondary N) is 2. The highest BCUT2D eigenvalue weighted by Gasteiger charge is 2.16. The van der Waals surface area contributed by atoms with E-state index < -0.39 is 0 Å². The smallest absolute Gasteiger partial charge is 0.253 e. The van der Waals surface area contributed by atoms with Gasteiger partial charge in [0, 0.05) is 17.8 Å². The van der Waals surface area contributed by atoms with Gasteiger partial charge >= 0.3 is 0 Å². The second-order valence-electron chi connectivity index (χ2n) is 7.60. The van der Waals surface area contributed by atoms with Crippen molar-refractivity contribution in [2.24, 2.45) is 0 Å². The zero-order valence-electron chi connectivity index (χ0n) is 18.0. The van der Waals surface area contributed by atoms with E-state index in [0.29, 0.717) is 47.6 Å². The number of ether oxygens (including phenoxy) is 2. The van der Waals surface area contributed by atoms with Crippen molar-refractivity contribution in [1.29, 1.82) is 0 Å². The molecular formula is C25H22N4O4. The van der Waals surface area contributed by atoms with Crippen molar-refractivity contribution in [3.8, 4) is 22.9 Å². The summed E-state index contributed by atoms with van der Waals surface area (Å²) in [5.41, 5.74) is 4.12. The minimum atomic E-state index is -0.193. The van der Waals surface area contributed by atoms with Gasteiger partial charge in [0.05, 0.1) is 12.1 Å². The van der Waals surface area contributed by atoms with Gasteiger partial charge in [-0.15, -0.1) is 0 Å². The zero-order chi connectivity index (χ0) is 22.6. The van der Waals surface area contributed by atoms with E-state index in [2.05, 4.69) is 20.8 Å². The molecule has 0 radical (unpaired) electrons. The number of amides is 1. The largest absolute Gasteiger partial charge is 0.454 e. The van der Waals surface area contributed by atoms with E-state index >= 15 is 0 Å². The molecule has 2 heterocycles. The number of rotatable bonds is 7. The normalized spacial score (nSPS) is 11.9. The molecule has 0 saturated carbocycles. The highest BCUT2D eigenvalue weighted by molar-refractivity contribution is 5.99. The summed E-state index contributed by atoms with van der Waals surface area (Å²) >= 11 is 0. The van der Waals surface area contributed by atoms with Crippen molar-refractivity contribution in [3.63, 3.8) is 0 Å². The number of carbonyl (C=O) groups excluding carboxylic acids is 1. The summed E-state index contributed by atoms with van der Waals surface area (Å²) in [4.78, 5) is 17.3. The number of anilines is 1. The molecule has 1 aliphatic heterocycles. The van der Waals surface area contributed by atoms with E-state index in [-0.39, 0.29) is 12.7 Å². The Bertz CT molecular complexity index is 1300. The van der Waals surface area contributed by atoms with Crippen LogP contribution in [0.4, 0.5) is 5.69 Å². The van der Waals surface area contributed by atoms with Gasteiger partial charge in [0.2, 0.25) is 18.5 Å². The highest BCUT2D eigenvalue weighted by atomic mass is 16.7. The summed E-state index contributed by atoms with van der Waals surface area (Å²) < 4.78 is 16.1. The van der Waals surface area contributed by atoms with Gasteiger partial charge in [0.1, 0.15) is 0 Å². The average Bonchev–Trinajstić information content (AvgIpc) is 3.51. The summed E-state index contributed by atoms with van der Waals surface area (Å²) in [7, 11) is 0. The quantitative estimate of drug-likeness (QED) is 0.440. The van der Waals surface area contributed by atoms with Gasteiger partial charge in [-0.05, 0) is 42.3 Å². The van der Waals surface area contributed by atoms with Crippen molar-refractivity contribution < 1.29 is 18.8 Å². The molecule has 0 bridgehead atoms. The molecule has 4 aromatic rings. The number of aryl methyl sites for hydroxylation is 1. The fourth-order valence-corrected chi connectivity index (χ4v) is 3.59. The second-order valence-corrected chi connectivity index (χ2v) is 7.60. The van der Waals surface area contributed by atoms with Crippen molar-refractivity contribution in [2.75, 3.05) is 12.1 Å². The zero-order valence-corrected chi connectivity index (χ0v) is 18.0. The van der Waals surface area contributed by atoms with Gasteiger partial charge in [-0.1, -0.05) is 47.6 Å². The number of benzene rings is 3. The van der Waals surface area contributed by atoms with Crippen LogP contribution in [0.3, 0.4) is 0 Å². The molecule has 5 rings (SSSR count). The monoisotopic (exact) mass is 442 g/mol. The Morgan fingerprint density at radius 1 is 0.970 bits per heavy atom.